The van der Waals surface area contributed by atoms with Gasteiger partial charge in [0.15, 0.2) is 5.82 Å². The van der Waals surface area contributed by atoms with Crippen molar-refractivity contribution in [1.29, 1.82) is 0 Å². The average Bonchev–Trinajstić information content (AvgIpc) is 2.51. The first kappa shape index (κ1) is 15.9. The fourth-order valence-corrected chi connectivity index (χ4v) is 2.61. The Morgan fingerprint density at radius 3 is 2.62 bits per heavy atom. The standard InChI is InChI=1S/C16H20BrN3O/c1-4-11-8-6-7-9-12(11)15-19-13(10-21-3)14(17)16(20-15)18-5-2/h6-9H,4-5,10H2,1-3H3,(H,18,19,20). The number of hydrogen-bond acceptors (Lipinski definition) is 4. The quantitative estimate of drug-likeness (QED) is 0.854. The molecule has 4 nitrogen and oxygen atoms in total. The summed E-state index contributed by atoms with van der Waals surface area (Å²) >= 11 is 3.56. The number of aromatic nitrogens is 2. The van der Waals surface area contributed by atoms with Gasteiger partial charge in [-0.15, -0.1) is 0 Å². The SMILES string of the molecule is CCNc1nc(-c2ccccc2CC)nc(COC)c1Br. The molecule has 112 valence electrons. The third-order valence-electron chi connectivity index (χ3n) is 3.18. The first-order valence-corrected chi connectivity index (χ1v) is 7.88. The molecule has 21 heavy (non-hydrogen) atoms. The number of methoxy groups -OCH3 is 1. The Labute approximate surface area is 134 Å². The van der Waals surface area contributed by atoms with E-state index in [1.54, 1.807) is 7.11 Å². The number of rotatable bonds is 6. The second-order valence-corrected chi connectivity index (χ2v) is 5.42. The van der Waals surface area contributed by atoms with E-state index < -0.39 is 0 Å². The molecular weight excluding hydrogens is 330 g/mol. The van der Waals surface area contributed by atoms with Crippen molar-refractivity contribution < 1.29 is 4.74 Å². The molecule has 0 amide bonds. The van der Waals surface area contributed by atoms with Gasteiger partial charge in [0, 0.05) is 19.2 Å². The summed E-state index contributed by atoms with van der Waals surface area (Å²) in [5.41, 5.74) is 3.17. The lowest BCUT2D eigenvalue weighted by molar-refractivity contribution is 0.181. The van der Waals surface area contributed by atoms with Crippen molar-refractivity contribution in [3.05, 3.63) is 40.0 Å². The topological polar surface area (TPSA) is 47.0 Å². The first-order chi connectivity index (χ1) is 10.2. The third kappa shape index (κ3) is 3.60. The molecule has 0 aliphatic heterocycles. The van der Waals surface area contributed by atoms with E-state index in [-0.39, 0.29) is 0 Å². The van der Waals surface area contributed by atoms with Gasteiger partial charge in [-0.1, -0.05) is 31.2 Å². The van der Waals surface area contributed by atoms with Crippen LogP contribution in [0.15, 0.2) is 28.7 Å². The molecule has 5 heteroatoms. The summed E-state index contributed by atoms with van der Waals surface area (Å²) in [5.74, 6) is 1.54. The molecule has 0 atom stereocenters. The molecule has 2 rings (SSSR count). The van der Waals surface area contributed by atoms with E-state index in [2.05, 4.69) is 50.3 Å². The molecule has 0 unspecified atom stereocenters. The van der Waals surface area contributed by atoms with Crippen LogP contribution in [-0.2, 0) is 17.8 Å². The maximum Gasteiger partial charge on any atom is 0.162 e. The van der Waals surface area contributed by atoms with Crippen LogP contribution in [0.5, 0.6) is 0 Å². The fourth-order valence-electron chi connectivity index (χ4n) is 2.18. The highest BCUT2D eigenvalue weighted by Gasteiger charge is 2.14. The molecule has 0 saturated carbocycles. The molecular formula is C16H20BrN3O. The van der Waals surface area contributed by atoms with E-state index in [0.717, 1.165) is 40.3 Å². The molecule has 0 radical (unpaired) electrons. The molecule has 0 fully saturated rings. The minimum absolute atomic E-state index is 0.447. The van der Waals surface area contributed by atoms with Gasteiger partial charge in [-0.2, -0.15) is 0 Å². The van der Waals surface area contributed by atoms with Gasteiger partial charge in [-0.3, -0.25) is 0 Å². The summed E-state index contributed by atoms with van der Waals surface area (Å²) in [6.07, 6.45) is 0.950. The highest BCUT2D eigenvalue weighted by Crippen LogP contribution is 2.29. The Morgan fingerprint density at radius 1 is 1.19 bits per heavy atom. The summed E-state index contributed by atoms with van der Waals surface area (Å²) in [6, 6.07) is 8.24. The van der Waals surface area contributed by atoms with Crippen LogP contribution in [0.1, 0.15) is 25.1 Å². The van der Waals surface area contributed by atoms with Crippen LogP contribution in [0.3, 0.4) is 0 Å². The maximum atomic E-state index is 5.24. The fraction of sp³-hybridized carbons (Fsp3) is 0.375. The molecule has 0 aliphatic carbocycles. The van der Waals surface area contributed by atoms with Crippen LogP contribution in [-0.4, -0.2) is 23.6 Å². The number of halogens is 1. The highest BCUT2D eigenvalue weighted by molar-refractivity contribution is 9.10. The largest absolute Gasteiger partial charge is 0.378 e. The average molecular weight is 350 g/mol. The number of aryl methyl sites for hydroxylation is 1. The van der Waals surface area contributed by atoms with Crippen LogP contribution in [0.4, 0.5) is 5.82 Å². The van der Waals surface area contributed by atoms with Gasteiger partial charge in [0.2, 0.25) is 0 Å². The lowest BCUT2D eigenvalue weighted by Gasteiger charge is -2.13. The third-order valence-corrected chi connectivity index (χ3v) is 4.02. The summed E-state index contributed by atoms with van der Waals surface area (Å²) in [7, 11) is 1.67. The second-order valence-electron chi connectivity index (χ2n) is 4.63. The van der Waals surface area contributed by atoms with Crippen molar-refractivity contribution in [1.82, 2.24) is 9.97 Å². The van der Waals surface area contributed by atoms with Crippen molar-refractivity contribution in [2.45, 2.75) is 26.9 Å². The first-order valence-electron chi connectivity index (χ1n) is 7.08. The van der Waals surface area contributed by atoms with E-state index in [1.807, 2.05) is 19.1 Å². The van der Waals surface area contributed by atoms with Crippen molar-refractivity contribution in [3.8, 4) is 11.4 Å². The zero-order chi connectivity index (χ0) is 15.2. The van der Waals surface area contributed by atoms with Crippen molar-refractivity contribution in [2.24, 2.45) is 0 Å². The molecule has 0 bridgehead atoms. The van der Waals surface area contributed by atoms with Crippen LogP contribution >= 0.6 is 15.9 Å². The van der Waals surface area contributed by atoms with Crippen molar-refractivity contribution in [3.63, 3.8) is 0 Å². The number of nitrogens with one attached hydrogen (secondary N) is 1. The number of nitrogens with zero attached hydrogens (tertiary/aromatic N) is 2. The van der Waals surface area contributed by atoms with Gasteiger partial charge < -0.3 is 10.1 Å². The Bertz CT molecular complexity index is 589. The molecule has 0 aliphatic rings. The van der Waals surface area contributed by atoms with E-state index in [1.165, 1.54) is 5.56 Å². The molecule has 1 N–H and O–H groups in total. The summed E-state index contributed by atoms with van der Waals surface area (Å²) in [6.45, 7) is 5.43. The maximum absolute atomic E-state index is 5.24. The van der Waals surface area contributed by atoms with Crippen LogP contribution < -0.4 is 5.32 Å². The van der Waals surface area contributed by atoms with Crippen LogP contribution in [0.2, 0.25) is 0 Å². The van der Waals surface area contributed by atoms with E-state index in [9.17, 15) is 0 Å². The summed E-state index contributed by atoms with van der Waals surface area (Å²) in [4.78, 5) is 9.32. The van der Waals surface area contributed by atoms with Gasteiger partial charge in [0.05, 0.1) is 16.8 Å². The zero-order valence-electron chi connectivity index (χ0n) is 12.6. The Balaban J connectivity index is 2.57. The van der Waals surface area contributed by atoms with Gasteiger partial charge in [0.1, 0.15) is 5.82 Å². The van der Waals surface area contributed by atoms with Crippen LogP contribution in [0, 0.1) is 0 Å². The van der Waals surface area contributed by atoms with Crippen molar-refractivity contribution >= 4 is 21.7 Å². The van der Waals surface area contributed by atoms with Gasteiger partial charge in [-0.25, -0.2) is 9.97 Å². The molecule has 2 aromatic rings. The number of ether oxygens (including phenoxy) is 1. The molecule has 1 heterocycles. The lowest BCUT2D eigenvalue weighted by atomic mass is 10.0. The Kier molecular flexibility index (Phi) is 5.70. The van der Waals surface area contributed by atoms with E-state index in [0.29, 0.717) is 6.61 Å². The molecule has 0 saturated heterocycles. The number of anilines is 1. The summed E-state index contributed by atoms with van der Waals surface area (Å²) in [5, 5.41) is 3.27. The Morgan fingerprint density at radius 2 is 1.95 bits per heavy atom. The Hall–Kier alpha value is -1.46. The minimum atomic E-state index is 0.447. The minimum Gasteiger partial charge on any atom is -0.378 e. The zero-order valence-corrected chi connectivity index (χ0v) is 14.2. The molecule has 1 aromatic heterocycles. The predicted molar refractivity (Wildman–Crippen MR) is 89.4 cm³/mol. The summed E-state index contributed by atoms with van der Waals surface area (Å²) < 4.78 is 6.11. The van der Waals surface area contributed by atoms with Gasteiger partial charge in [-0.05, 0) is 34.8 Å². The van der Waals surface area contributed by atoms with Gasteiger partial charge in [0.25, 0.3) is 0 Å². The second kappa shape index (κ2) is 7.52. The number of hydrogen-bond donors (Lipinski definition) is 1. The monoisotopic (exact) mass is 349 g/mol. The normalized spacial score (nSPS) is 10.7. The predicted octanol–water partition coefficient (Wildman–Crippen LogP) is 4.05. The van der Waals surface area contributed by atoms with Gasteiger partial charge >= 0.3 is 0 Å². The lowest BCUT2D eigenvalue weighted by Crippen LogP contribution is -2.07. The van der Waals surface area contributed by atoms with E-state index >= 15 is 0 Å². The highest BCUT2D eigenvalue weighted by atomic mass is 79.9. The van der Waals surface area contributed by atoms with Crippen molar-refractivity contribution in [2.75, 3.05) is 19.0 Å². The molecule has 0 spiro atoms. The smallest absolute Gasteiger partial charge is 0.162 e. The van der Waals surface area contributed by atoms with Crippen LogP contribution in [0.25, 0.3) is 11.4 Å². The molecule has 1 aromatic carbocycles. The van der Waals surface area contributed by atoms with E-state index in [4.69, 9.17) is 4.74 Å². The number of benzene rings is 1.